The van der Waals surface area contributed by atoms with E-state index in [-0.39, 0.29) is 24.2 Å². The molecule has 3 rings (SSSR count). The number of fused-ring (bicyclic) bond motifs is 1. The first-order valence-corrected chi connectivity index (χ1v) is 10.2. The summed E-state index contributed by atoms with van der Waals surface area (Å²) in [6.07, 6.45) is 0.912. The Morgan fingerprint density at radius 2 is 2.07 bits per heavy atom. The van der Waals surface area contributed by atoms with Crippen LogP contribution in [0, 0.1) is 6.92 Å². The average Bonchev–Trinajstić information content (AvgIpc) is 3.21. The monoisotopic (exact) mass is 428 g/mol. The summed E-state index contributed by atoms with van der Waals surface area (Å²) < 4.78 is 1.78. The van der Waals surface area contributed by atoms with Gasteiger partial charge >= 0.3 is 0 Å². The standard InChI is InChI=1S/C18H28N6O2S.ClH/c1-12-14-11-15(27-18(14)23(3)22-12)17(26)21-13(2)16(25)20-5-4-8-24-9-6-19-7-10-24;/h11,13,19H,4-10H2,1-3H3,(H,20,25)(H,21,26);1H. The largest absolute Gasteiger partial charge is 0.354 e. The van der Waals surface area contributed by atoms with Crippen molar-refractivity contribution in [1.29, 1.82) is 0 Å². The Morgan fingerprint density at radius 1 is 1.36 bits per heavy atom. The van der Waals surface area contributed by atoms with Crippen molar-refractivity contribution in [2.24, 2.45) is 7.05 Å². The summed E-state index contributed by atoms with van der Waals surface area (Å²) in [5, 5.41) is 14.3. The van der Waals surface area contributed by atoms with Gasteiger partial charge in [0.05, 0.1) is 10.6 Å². The number of piperazine rings is 1. The van der Waals surface area contributed by atoms with E-state index in [1.54, 1.807) is 11.6 Å². The number of thiophene rings is 1. The van der Waals surface area contributed by atoms with Crippen LogP contribution in [0.3, 0.4) is 0 Å². The zero-order valence-corrected chi connectivity index (χ0v) is 18.2. The van der Waals surface area contributed by atoms with Gasteiger partial charge in [-0.25, -0.2) is 0 Å². The molecule has 28 heavy (non-hydrogen) atoms. The van der Waals surface area contributed by atoms with E-state index in [1.165, 1.54) is 11.3 Å². The third kappa shape index (κ3) is 5.44. The Hall–Kier alpha value is -1.68. The second kappa shape index (κ2) is 10.2. The van der Waals surface area contributed by atoms with Crippen LogP contribution in [0.15, 0.2) is 6.07 Å². The molecule has 1 unspecified atom stereocenters. The second-order valence-corrected chi connectivity index (χ2v) is 8.00. The molecule has 1 aliphatic heterocycles. The summed E-state index contributed by atoms with van der Waals surface area (Å²) in [5.41, 5.74) is 0.901. The van der Waals surface area contributed by atoms with Crippen molar-refractivity contribution >= 4 is 45.8 Å². The van der Waals surface area contributed by atoms with Crippen molar-refractivity contribution < 1.29 is 9.59 Å². The lowest BCUT2D eigenvalue weighted by Crippen LogP contribution is -2.46. The van der Waals surface area contributed by atoms with Gasteiger partial charge in [-0.3, -0.25) is 14.3 Å². The molecular weight excluding hydrogens is 400 g/mol. The maximum atomic E-state index is 12.5. The summed E-state index contributed by atoms with van der Waals surface area (Å²) >= 11 is 1.39. The number of hydrogen-bond acceptors (Lipinski definition) is 6. The van der Waals surface area contributed by atoms with Gasteiger partial charge in [0.15, 0.2) is 0 Å². The molecule has 2 aromatic rings. The molecule has 3 N–H and O–H groups in total. The van der Waals surface area contributed by atoms with Gasteiger partial charge in [0.1, 0.15) is 10.9 Å². The van der Waals surface area contributed by atoms with Gasteiger partial charge in [0.25, 0.3) is 5.91 Å². The number of aryl methyl sites for hydroxylation is 2. The van der Waals surface area contributed by atoms with E-state index < -0.39 is 6.04 Å². The lowest BCUT2D eigenvalue weighted by Gasteiger charge is -2.27. The van der Waals surface area contributed by atoms with E-state index in [1.807, 2.05) is 20.0 Å². The zero-order chi connectivity index (χ0) is 19.4. The Labute approximate surface area is 175 Å². The number of carbonyl (C=O) groups excluding carboxylic acids is 2. The van der Waals surface area contributed by atoms with Gasteiger partial charge < -0.3 is 20.9 Å². The van der Waals surface area contributed by atoms with Crippen LogP contribution < -0.4 is 16.0 Å². The van der Waals surface area contributed by atoms with Crippen LogP contribution in [-0.4, -0.2) is 71.8 Å². The quantitative estimate of drug-likeness (QED) is 0.570. The molecule has 3 heterocycles. The number of halogens is 1. The smallest absolute Gasteiger partial charge is 0.262 e. The first-order valence-electron chi connectivity index (χ1n) is 9.40. The van der Waals surface area contributed by atoms with E-state index in [0.717, 1.165) is 55.1 Å². The van der Waals surface area contributed by atoms with Gasteiger partial charge in [-0.05, 0) is 32.9 Å². The minimum Gasteiger partial charge on any atom is -0.354 e. The maximum Gasteiger partial charge on any atom is 0.262 e. The van der Waals surface area contributed by atoms with Crippen LogP contribution in [0.2, 0.25) is 0 Å². The zero-order valence-electron chi connectivity index (χ0n) is 16.6. The van der Waals surface area contributed by atoms with Gasteiger partial charge in [0.2, 0.25) is 5.91 Å². The third-order valence-corrected chi connectivity index (χ3v) is 6.02. The fraction of sp³-hybridized carbons (Fsp3) is 0.611. The predicted octanol–water partition coefficient (Wildman–Crippen LogP) is 0.895. The Morgan fingerprint density at radius 3 is 2.75 bits per heavy atom. The predicted molar refractivity (Wildman–Crippen MR) is 114 cm³/mol. The molecule has 2 aromatic heterocycles. The maximum absolute atomic E-state index is 12.5. The van der Waals surface area contributed by atoms with Gasteiger partial charge in [-0.1, -0.05) is 0 Å². The molecular formula is C18H29ClN6O2S. The van der Waals surface area contributed by atoms with Crippen molar-refractivity contribution in [3.05, 3.63) is 16.6 Å². The van der Waals surface area contributed by atoms with Crippen LogP contribution >= 0.6 is 23.7 Å². The molecule has 1 fully saturated rings. The van der Waals surface area contributed by atoms with Crippen molar-refractivity contribution in [1.82, 2.24) is 30.6 Å². The van der Waals surface area contributed by atoms with Crippen LogP contribution in [-0.2, 0) is 11.8 Å². The van der Waals surface area contributed by atoms with Crippen molar-refractivity contribution in [2.45, 2.75) is 26.3 Å². The van der Waals surface area contributed by atoms with E-state index in [4.69, 9.17) is 0 Å². The summed E-state index contributed by atoms with van der Waals surface area (Å²) in [4.78, 5) is 28.6. The Balaban J connectivity index is 0.00000280. The van der Waals surface area contributed by atoms with E-state index >= 15 is 0 Å². The highest BCUT2D eigenvalue weighted by atomic mass is 35.5. The van der Waals surface area contributed by atoms with Crippen LogP contribution in [0.1, 0.15) is 28.7 Å². The lowest BCUT2D eigenvalue weighted by atomic mass is 10.2. The number of nitrogens with zero attached hydrogens (tertiary/aromatic N) is 3. The molecule has 0 radical (unpaired) electrons. The molecule has 0 saturated carbocycles. The minimum atomic E-state index is -0.568. The summed E-state index contributed by atoms with van der Waals surface area (Å²) in [7, 11) is 1.87. The molecule has 0 aliphatic carbocycles. The third-order valence-electron chi connectivity index (χ3n) is 4.82. The molecule has 0 bridgehead atoms. The van der Waals surface area contributed by atoms with Crippen LogP contribution in [0.4, 0.5) is 0 Å². The molecule has 8 nitrogen and oxygen atoms in total. The van der Waals surface area contributed by atoms with E-state index in [9.17, 15) is 9.59 Å². The van der Waals surface area contributed by atoms with Crippen molar-refractivity contribution in [3.8, 4) is 0 Å². The summed E-state index contributed by atoms with van der Waals surface area (Å²) in [6.45, 7) is 9.42. The normalized spacial score (nSPS) is 15.8. The summed E-state index contributed by atoms with van der Waals surface area (Å²) in [5.74, 6) is -0.373. The van der Waals surface area contributed by atoms with Gasteiger partial charge in [-0.2, -0.15) is 5.10 Å². The Kier molecular flexibility index (Phi) is 8.23. The molecule has 0 spiro atoms. The number of amides is 2. The van der Waals surface area contributed by atoms with Crippen LogP contribution in [0.25, 0.3) is 10.2 Å². The number of nitrogens with one attached hydrogen (secondary N) is 3. The molecule has 1 aliphatic rings. The molecule has 1 atom stereocenters. The first kappa shape index (κ1) is 22.6. The van der Waals surface area contributed by atoms with Crippen molar-refractivity contribution in [2.75, 3.05) is 39.3 Å². The fourth-order valence-corrected chi connectivity index (χ4v) is 4.28. The molecule has 0 aromatic carbocycles. The van der Waals surface area contributed by atoms with E-state index in [0.29, 0.717) is 11.4 Å². The summed E-state index contributed by atoms with van der Waals surface area (Å²) in [6, 6.07) is 1.27. The fourth-order valence-electron chi connectivity index (χ4n) is 3.25. The van der Waals surface area contributed by atoms with Gasteiger partial charge in [-0.15, -0.1) is 23.7 Å². The number of aromatic nitrogens is 2. The van der Waals surface area contributed by atoms with Crippen molar-refractivity contribution in [3.63, 3.8) is 0 Å². The number of rotatable bonds is 7. The molecule has 156 valence electrons. The lowest BCUT2D eigenvalue weighted by molar-refractivity contribution is -0.122. The van der Waals surface area contributed by atoms with E-state index in [2.05, 4.69) is 25.9 Å². The second-order valence-electron chi connectivity index (χ2n) is 6.97. The Bertz CT molecular complexity index is 780. The van der Waals surface area contributed by atoms with Crippen LogP contribution in [0.5, 0.6) is 0 Å². The number of hydrogen-bond donors (Lipinski definition) is 3. The molecule has 10 heteroatoms. The highest BCUT2D eigenvalue weighted by molar-refractivity contribution is 7.20. The minimum absolute atomic E-state index is 0. The van der Waals surface area contributed by atoms with Gasteiger partial charge in [0, 0.05) is 45.2 Å². The highest BCUT2D eigenvalue weighted by Crippen LogP contribution is 2.27. The average molecular weight is 429 g/mol. The highest BCUT2D eigenvalue weighted by Gasteiger charge is 2.20. The topological polar surface area (TPSA) is 91.3 Å². The molecule has 2 amide bonds. The number of carbonyl (C=O) groups is 2. The SMILES string of the molecule is Cc1nn(C)c2sc(C(=O)NC(C)C(=O)NCCCN3CCNCC3)cc12.Cl. The first-order chi connectivity index (χ1) is 13.0. The molecule has 1 saturated heterocycles.